The van der Waals surface area contributed by atoms with Crippen molar-refractivity contribution in [3.63, 3.8) is 0 Å². The lowest BCUT2D eigenvalue weighted by Crippen LogP contribution is -2.47. The zero-order valence-corrected chi connectivity index (χ0v) is 12.9. The standard InChI is InChI=1S/C15H21N3O2S/c1-11-10-18(7-8-21-11)15(19)13(14(16)17-20)9-12-5-3-2-4-6-12/h2-6,11,13,20H,7-10H2,1H3,(H2,16,17). The number of carbonyl (C=O) groups excluding carboxylic acids is 1. The maximum atomic E-state index is 12.7. The molecule has 1 aliphatic rings. The molecule has 0 radical (unpaired) electrons. The molecule has 0 spiro atoms. The van der Waals surface area contributed by atoms with Crippen LogP contribution >= 0.6 is 11.8 Å². The zero-order chi connectivity index (χ0) is 15.2. The molecule has 2 atom stereocenters. The number of carbonyl (C=O) groups is 1. The van der Waals surface area contributed by atoms with Crippen molar-refractivity contribution in [1.29, 1.82) is 0 Å². The molecule has 114 valence electrons. The van der Waals surface area contributed by atoms with Crippen molar-refractivity contribution in [1.82, 2.24) is 4.90 Å². The molecule has 0 aliphatic carbocycles. The molecule has 0 saturated carbocycles. The van der Waals surface area contributed by atoms with E-state index in [-0.39, 0.29) is 11.7 Å². The van der Waals surface area contributed by atoms with Gasteiger partial charge in [-0.2, -0.15) is 11.8 Å². The fourth-order valence-corrected chi connectivity index (χ4v) is 3.49. The van der Waals surface area contributed by atoms with E-state index in [2.05, 4.69) is 12.1 Å². The van der Waals surface area contributed by atoms with Crippen LogP contribution in [-0.4, -0.2) is 45.9 Å². The van der Waals surface area contributed by atoms with Crippen LogP contribution in [0.5, 0.6) is 0 Å². The van der Waals surface area contributed by atoms with Gasteiger partial charge in [-0.1, -0.05) is 42.4 Å². The number of nitrogens with zero attached hydrogens (tertiary/aromatic N) is 2. The minimum absolute atomic E-state index is 0.0188. The second-order valence-electron chi connectivity index (χ2n) is 5.23. The third-order valence-corrected chi connectivity index (χ3v) is 4.74. The Kier molecular flexibility index (Phi) is 5.50. The van der Waals surface area contributed by atoms with Gasteiger partial charge in [-0.3, -0.25) is 4.79 Å². The minimum Gasteiger partial charge on any atom is -0.409 e. The molecule has 1 heterocycles. The van der Waals surface area contributed by atoms with Gasteiger partial charge in [-0.05, 0) is 12.0 Å². The lowest BCUT2D eigenvalue weighted by Gasteiger charge is -2.33. The second-order valence-corrected chi connectivity index (χ2v) is 6.78. The second kappa shape index (κ2) is 7.36. The van der Waals surface area contributed by atoms with E-state index in [0.29, 0.717) is 18.2 Å². The molecule has 2 unspecified atom stereocenters. The fourth-order valence-electron chi connectivity index (χ4n) is 2.48. The number of benzene rings is 1. The Labute approximate surface area is 129 Å². The van der Waals surface area contributed by atoms with Crippen molar-refractivity contribution in [2.75, 3.05) is 18.8 Å². The molecule has 5 nitrogen and oxygen atoms in total. The van der Waals surface area contributed by atoms with E-state index in [1.807, 2.05) is 47.0 Å². The van der Waals surface area contributed by atoms with Crippen molar-refractivity contribution < 1.29 is 10.0 Å². The number of rotatable bonds is 4. The Morgan fingerprint density at radius 2 is 2.24 bits per heavy atom. The van der Waals surface area contributed by atoms with Crippen molar-refractivity contribution in [3.8, 4) is 0 Å². The number of hydrogen-bond donors (Lipinski definition) is 2. The maximum absolute atomic E-state index is 12.7. The van der Waals surface area contributed by atoms with Crippen molar-refractivity contribution in [3.05, 3.63) is 35.9 Å². The number of amidine groups is 1. The molecule has 0 aromatic heterocycles. The molecule has 1 aliphatic heterocycles. The van der Waals surface area contributed by atoms with E-state index in [1.165, 1.54) is 0 Å². The fraction of sp³-hybridized carbons (Fsp3) is 0.467. The first-order valence-electron chi connectivity index (χ1n) is 7.03. The SMILES string of the molecule is CC1CN(C(=O)C(Cc2ccccc2)/C(N)=N/O)CCS1. The average Bonchev–Trinajstić information content (AvgIpc) is 2.52. The summed E-state index contributed by atoms with van der Waals surface area (Å²) in [7, 11) is 0. The highest BCUT2D eigenvalue weighted by Crippen LogP contribution is 2.21. The van der Waals surface area contributed by atoms with Crippen molar-refractivity contribution >= 4 is 23.5 Å². The van der Waals surface area contributed by atoms with Crippen LogP contribution in [0.2, 0.25) is 0 Å². The lowest BCUT2D eigenvalue weighted by atomic mass is 9.96. The Morgan fingerprint density at radius 1 is 1.52 bits per heavy atom. The molecular weight excluding hydrogens is 286 g/mol. The summed E-state index contributed by atoms with van der Waals surface area (Å²) >= 11 is 1.86. The molecule has 1 amide bonds. The number of oxime groups is 1. The molecule has 1 fully saturated rings. The summed E-state index contributed by atoms with van der Waals surface area (Å²) in [6.45, 7) is 3.55. The van der Waals surface area contributed by atoms with E-state index in [0.717, 1.165) is 17.9 Å². The van der Waals surface area contributed by atoms with Gasteiger partial charge >= 0.3 is 0 Å². The van der Waals surface area contributed by atoms with Gasteiger partial charge < -0.3 is 15.8 Å². The van der Waals surface area contributed by atoms with Crippen LogP contribution in [0.1, 0.15) is 12.5 Å². The summed E-state index contributed by atoms with van der Waals surface area (Å²) in [6.07, 6.45) is 0.452. The summed E-state index contributed by atoms with van der Waals surface area (Å²) in [5.41, 5.74) is 6.76. The van der Waals surface area contributed by atoms with Gasteiger partial charge in [-0.15, -0.1) is 0 Å². The van der Waals surface area contributed by atoms with Crippen molar-refractivity contribution in [2.24, 2.45) is 16.8 Å². The quantitative estimate of drug-likeness (QED) is 0.383. The number of amides is 1. The topological polar surface area (TPSA) is 78.9 Å². The Bertz CT molecular complexity index is 507. The summed E-state index contributed by atoms with van der Waals surface area (Å²) in [5, 5.41) is 12.5. The highest BCUT2D eigenvalue weighted by Gasteiger charge is 2.30. The van der Waals surface area contributed by atoms with Crippen LogP contribution in [0, 0.1) is 5.92 Å². The molecule has 3 N–H and O–H groups in total. The van der Waals surface area contributed by atoms with Gasteiger partial charge in [0.2, 0.25) is 5.91 Å². The first-order chi connectivity index (χ1) is 10.1. The molecule has 6 heteroatoms. The third-order valence-electron chi connectivity index (χ3n) is 3.61. The largest absolute Gasteiger partial charge is 0.409 e. The predicted octanol–water partition coefficient (Wildman–Crippen LogP) is 1.56. The minimum atomic E-state index is -0.604. The van der Waals surface area contributed by atoms with Gasteiger partial charge in [0.1, 0.15) is 5.92 Å². The van der Waals surface area contributed by atoms with Crippen LogP contribution in [0.4, 0.5) is 0 Å². The van der Waals surface area contributed by atoms with Gasteiger partial charge in [0.25, 0.3) is 0 Å². The summed E-state index contributed by atoms with van der Waals surface area (Å²) in [6, 6.07) is 9.65. The third kappa shape index (κ3) is 4.14. The Balaban J connectivity index is 2.14. The predicted molar refractivity (Wildman–Crippen MR) is 85.5 cm³/mol. The number of thioether (sulfide) groups is 1. The van der Waals surface area contributed by atoms with E-state index < -0.39 is 5.92 Å². The van der Waals surface area contributed by atoms with Gasteiger partial charge in [-0.25, -0.2) is 0 Å². The van der Waals surface area contributed by atoms with E-state index in [1.54, 1.807) is 0 Å². The first kappa shape index (κ1) is 15.7. The summed E-state index contributed by atoms with van der Waals surface area (Å²) in [4.78, 5) is 14.5. The molecule has 21 heavy (non-hydrogen) atoms. The normalized spacial score (nSPS) is 21.1. The molecule has 1 saturated heterocycles. The maximum Gasteiger partial charge on any atom is 0.233 e. The lowest BCUT2D eigenvalue weighted by molar-refractivity contribution is -0.133. The average molecular weight is 307 g/mol. The molecule has 1 aromatic carbocycles. The summed E-state index contributed by atoms with van der Waals surface area (Å²) < 4.78 is 0. The molecular formula is C15H21N3O2S. The Morgan fingerprint density at radius 3 is 2.86 bits per heavy atom. The van der Waals surface area contributed by atoms with Crippen LogP contribution in [0.3, 0.4) is 0 Å². The van der Waals surface area contributed by atoms with Crippen LogP contribution < -0.4 is 5.73 Å². The zero-order valence-electron chi connectivity index (χ0n) is 12.1. The van der Waals surface area contributed by atoms with E-state index in [9.17, 15) is 4.79 Å². The van der Waals surface area contributed by atoms with Crippen LogP contribution in [0.25, 0.3) is 0 Å². The van der Waals surface area contributed by atoms with Gasteiger partial charge in [0.15, 0.2) is 5.84 Å². The molecule has 2 rings (SSSR count). The van der Waals surface area contributed by atoms with E-state index >= 15 is 0 Å². The Hall–Kier alpha value is -1.69. The van der Waals surface area contributed by atoms with Gasteiger partial charge in [0.05, 0.1) is 0 Å². The monoisotopic (exact) mass is 307 g/mol. The highest BCUT2D eigenvalue weighted by molar-refractivity contribution is 7.99. The highest BCUT2D eigenvalue weighted by atomic mass is 32.2. The van der Waals surface area contributed by atoms with E-state index in [4.69, 9.17) is 10.9 Å². The van der Waals surface area contributed by atoms with Crippen molar-refractivity contribution in [2.45, 2.75) is 18.6 Å². The van der Waals surface area contributed by atoms with Gasteiger partial charge in [0, 0.05) is 24.1 Å². The summed E-state index contributed by atoms with van der Waals surface area (Å²) in [5.74, 6) is 0.255. The number of nitrogens with two attached hydrogens (primary N) is 1. The smallest absolute Gasteiger partial charge is 0.233 e. The van der Waals surface area contributed by atoms with Crippen LogP contribution in [-0.2, 0) is 11.2 Å². The number of hydrogen-bond acceptors (Lipinski definition) is 4. The van der Waals surface area contributed by atoms with Crippen LogP contribution in [0.15, 0.2) is 35.5 Å². The molecule has 1 aromatic rings. The first-order valence-corrected chi connectivity index (χ1v) is 8.08. The molecule has 0 bridgehead atoms.